The Morgan fingerprint density at radius 2 is 2.16 bits per heavy atom. The Balaban J connectivity index is 1.72. The molecule has 0 aliphatic heterocycles. The van der Waals surface area contributed by atoms with Crippen LogP contribution in [0.15, 0.2) is 6.07 Å². The van der Waals surface area contributed by atoms with Crippen LogP contribution in [0.5, 0.6) is 0 Å². The van der Waals surface area contributed by atoms with Gasteiger partial charge in [0.25, 0.3) is 0 Å². The molecular weight excluding hydrogens is 240 g/mol. The maximum Gasteiger partial charge on any atom is 0.240 e. The monoisotopic (exact) mass is 264 g/mol. The Labute approximate surface area is 114 Å². The van der Waals surface area contributed by atoms with E-state index in [0.717, 1.165) is 50.0 Å². The van der Waals surface area contributed by atoms with Crippen LogP contribution in [0.4, 0.5) is 0 Å². The summed E-state index contributed by atoms with van der Waals surface area (Å²) in [4.78, 5) is 12.0. The molecule has 0 aromatic carbocycles. The molecule has 1 saturated carbocycles. The van der Waals surface area contributed by atoms with Crippen LogP contribution in [0.2, 0.25) is 0 Å². The fourth-order valence-corrected chi connectivity index (χ4v) is 2.74. The molecule has 3 N–H and O–H groups in total. The first-order valence-corrected chi connectivity index (χ1v) is 7.09. The molecule has 0 radical (unpaired) electrons. The zero-order chi connectivity index (χ0) is 13.9. The van der Waals surface area contributed by atoms with Crippen LogP contribution < -0.4 is 11.1 Å². The lowest BCUT2D eigenvalue weighted by Crippen LogP contribution is -2.52. The SMILES string of the molecule is Cc1cc(C)n(CCCNC(=O)C2(N)CCCC2)n1. The minimum atomic E-state index is -0.613. The molecule has 1 aliphatic rings. The van der Waals surface area contributed by atoms with E-state index in [2.05, 4.69) is 16.5 Å². The molecule has 2 rings (SSSR count). The number of nitrogens with one attached hydrogen (secondary N) is 1. The van der Waals surface area contributed by atoms with Crippen LogP contribution in [-0.4, -0.2) is 27.8 Å². The minimum Gasteiger partial charge on any atom is -0.354 e. The van der Waals surface area contributed by atoms with Gasteiger partial charge in [-0.05, 0) is 39.2 Å². The summed E-state index contributed by atoms with van der Waals surface area (Å²) in [5, 5.41) is 7.35. The van der Waals surface area contributed by atoms with Crippen molar-refractivity contribution in [2.24, 2.45) is 5.73 Å². The Morgan fingerprint density at radius 1 is 1.47 bits per heavy atom. The first-order chi connectivity index (χ1) is 9.01. The summed E-state index contributed by atoms with van der Waals surface area (Å²) in [5.41, 5.74) is 7.68. The lowest BCUT2D eigenvalue weighted by molar-refractivity contribution is -0.126. The van der Waals surface area contributed by atoms with Gasteiger partial charge < -0.3 is 11.1 Å². The third-order valence-electron chi connectivity index (χ3n) is 3.88. The molecule has 1 heterocycles. The average molecular weight is 264 g/mol. The molecule has 0 atom stereocenters. The van der Waals surface area contributed by atoms with Gasteiger partial charge in [-0.3, -0.25) is 9.48 Å². The highest BCUT2D eigenvalue weighted by molar-refractivity contribution is 5.86. The number of aromatic nitrogens is 2. The summed E-state index contributed by atoms with van der Waals surface area (Å²) in [5.74, 6) is 0.0124. The van der Waals surface area contributed by atoms with E-state index >= 15 is 0 Å². The fourth-order valence-electron chi connectivity index (χ4n) is 2.74. The van der Waals surface area contributed by atoms with Crippen LogP contribution in [-0.2, 0) is 11.3 Å². The van der Waals surface area contributed by atoms with Crippen molar-refractivity contribution in [2.45, 2.75) is 58.0 Å². The standard InChI is InChI=1S/C14H24N4O/c1-11-10-12(2)18(17-11)9-5-8-16-13(19)14(15)6-3-4-7-14/h10H,3-9,15H2,1-2H3,(H,16,19). The molecule has 1 amide bonds. The molecule has 5 heteroatoms. The first-order valence-electron chi connectivity index (χ1n) is 7.09. The zero-order valence-corrected chi connectivity index (χ0v) is 11.9. The Hall–Kier alpha value is -1.36. The Bertz CT molecular complexity index is 446. The van der Waals surface area contributed by atoms with Crippen LogP contribution >= 0.6 is 0 Å². The maximum atomic E-state index is 12.0. The van der Waals surface area contributed by atoms with Crippen molar-refractivity contribution in [3.8, 4) is 0 Å². The van der Waals surface area contributed by atoms with Crippen molar-refractivity contribution < 1.29 is 4.79 Å². The molecule has 0 saturated heterocycles. The van der Waals surface area contributed by atoms with Gasteiger partial charge in [0, 0.05) is 18.8 Å². The van der Waals surface area contributed by atoms with Crippen molar-refractivity contribution >= 4 is 5.91 Å². The van der Waals surface area contributed by atoms with E-state index in [1.807, 2.05) is 18.5 Å². The second-order valence-electron chi connectivity index (χ2n) is 5.62. The predicted molar refractivity (Wildman–Crippen MR) is 74.7 cm³/mol. The number of rotatable bonds is 5. The smallest absolute Gasteiger partial charge is 0.240 e. The topological polar surface area (TPSA) is 72.9 Å². The number of carbonyl (C=O) groups excluding carboxylic acids is 1. The van der Waals surface area contributed by atoms with Crippen molar-refractivity contribution in [2.75, 3.05) is 6.54 Å². The van der Waals surface area contributed by atoms with Crippen LogP contribution in [0, 0.1) is 13.8 Å². The second-order valence-corrected chi connectivity index (χ2v) is 5.62. The molecule has 1 fully saturated rings. The van der Waals surface area contributed by atoms with Crippen LogP contribution in [0.3, 0.4) is 0 Å². The molecule has 0 bridgehead atoms. The molecule has 5 nitrogen and oxygen atoms in total. The summed E-state index contributed by atoms with van der Waals surface area (Å²) < 4.78 is 1.98. The first kappa shape index (κ1) is 14.1. The third kappa shape index (κ3) is 3.35. The Morgan fingerprint density at radius 3 is 2.74 bits per heavy atom. The summed E-state index contributed by atoms with van der Waals surface area (Å²) >= 11 is 0. The van der Waals surface area contributed by atoms with E-state index in [9.17, 15) is 4.79 Å². The largest absolute Gasteiger partial charge is 0.354 e. The van der Waals surface area contributed by atoms with E-state index in [1.54, 1.807) is 0 Å². The van der Waals surface area contributed by atoms with Crippen LogP contribution in [0.1, 0.15) is 43.5 Å². The summed E-state index contributed by atoms with van der Waals surface area (Å²) in [6.45, 7) is 5.53. The molecule has 1 aromatic rings. The molecule has 1 aliphatic carbocycles. The van der Waals surface area contributed by atoms with E-state index < -0.39 is 5.54 Å². The maximum absolute atomic E-state index is 12.0. The number of carbonyl (C=O) groups is 1. The molecule has 0 spiro atoms. The number of amides is 1. The molecular formula is C14H24N4O. The highest BCUT2D eigenvalue weighted by Gasteiger charge is 2.36. The zero-order valence-electron chi connectivity index (χ0n) is 11.9. The van der Waals surface area contributed by atoms with E-state index in [4.69, 9.17) is 5.73 Å². The van der Waals surface area contributed by atoms with Crippen molar-refractivity contribution in [3.05, 3.63) is 17.5 Å². The number of nitrogens with zero attached hydrogens (tertiary/aromatic N) is 2. The predicted octanol–water partition coefficient (Wildman–Crippen LogP) is 1.28. The van der Waals surface area contributed by atoms with Crippen LogP contribution in [0.25, 0.3) is 0 Å². The van der Waals surface area contributed by atoms with Gasteiger partial charge >= 0.3 is 0 Å². The average Bonchev–Trinajstić information content (AvgIpc) is 2.92. The van der Waals surface area contributed by atoms with Crippen molar-refractivity contribution in [1.82, 2.24) is 15.1 Å². The van der Waals surface area contributed by atoms with E-state index in [-0.39, 0.29) is 5.91 Å². The lowest BCUT2D eigenvalue weighted by atomic mass is 9.98. The van der Waals surface area contributed by atoms with Gasteiger partial charge in [0.15, 0.2) is 0 Å². The highest BCUT2D eigenvalue weighted by atomic mass is 16.2. The number of nitrogens with two attached hydrogens (primary N) is 1. The van der Waals surface area contributed by atoms with E-state index in [1.165, 1.54) is 0 Å². The van der Waals surface area contributed by atoms with Gasteiger partial charge in [-0.1, -0.05) is 12.8 Å². The summed E-state index contributed by atoms with van der Waals surface area (Å²) in [7, 11) is 0. The minimum absolute atomic E-state index is 0.0124. The molecule has 1 aromatic heterocycles. The molecule has 0 unspecified atom stereocenters. The van der Waals surface area contributed by atoms with Gasteiger partial charge in [0.1, 0.15) is 0 Å². The van der Waals surface area contributed by atoms with E-state index in [0.29, 0.717) is 6.54 Å². The normalized spacial score (nSPS) is 17.6. The van der Waals surface area contributed by atoms with Gasteiger partial charge in [-0.25, -0.2) is 0 Å². The highest BCUT2D eigenvalue weighted by Crippen LogP contribution is 2.27. The summed E-state index contributed by atoms with van der Waals surface area (Å²) in [6.07, 6.45) is 4.64. The second kappa shape index (κ2) is 5.74. The van der Waals surface area contributed by atoms with Gasteiger partial charge in [0.2, 0.25) is 5.91 Å². The number of hydrogen-bond acceptors (Lipinski definition) is 3. The third-order valence-corrected chi connectivity index (χ3v) is 3.88. The van der Waals surface area contributed by atoms with Gasteiger partial charge in [-0.15, -0.1) is 0 Å². The molecule has 106 valence electrons. The van der Waals surface area contributed by atoms with Crippen molar-refractivity contribution in [1.29, 1.82) is 0 Å². The Kier molecular flexibility index (Phi) is 4.24. The quantitative estimate of drug-likeness (QED) is 0.787. The number of aryl methyl sites for hydroxylation is 3. The van der Waals surface area contributed by atoms with Gasteiger partial charge in [0.05, 0.1) is 11.2 Å². The van der Waals surface area contributed by atoms with Crippen molar-refractivity contribution in [3.63, 3.8) is 0 Å². The van der Waals surface area contributed by atoms with Gasteiger partial charge in [-0.2, -0.15) is 5.10 Å². The number of hydrogen-bond donors (Lipinski definition) is 2. The lowest BCUT2D eigenvalue weighted by Gasteiger charge is -2.22. The fraction of sp³-hybridized carbons (Fsp3) is 0.714. The molecule has 19 heavy (non-hydrogen) atoms. The summed E-state index contributed by atoms with van der Waals surface area (Å²) in [6, 6.07) is 2.06.